The third kappa shape index (κ3) is 2.93. The molecule has 0 atom stereocenters. The summed E-state index contributed by atoms with van der Waals surface area (Å²) in [7, 11) is 1.62. The molecule has 0 heterocycles. The maximum absolute atomic E-state index is 10.9. The molecule has 0 bridgehead atoms. The predicted octanol–water partition coefficient (Wildman–Crippen LogP) is 3.88. The first-order chi connectivity index (χ1) is 7.90. The molecule has 1 N–H and O–H groups in total. The molecule has 0 fully saturated rings. The molecule has 0 unspecified atom stereocenters. The number of hydrogen-bond donors (Lipinski definition) is 1. The van der Waals surface area contributed by atoms with Gasteiger partial charge in [0.2, 0.25) is 0 Å². The Bertz CT molecular complexity index is 461. The number of halogens is 2. The molecule has 94 valence electrons. The number of amides is 1. The van der Waals surface area contributed by atoms with Crippen molar-refractivity contribution >= 4 is 32.3 Å². The molecule has 0 aromatic heterocycles. The van der Waals surface area contributed by atoms with Gasteiger partial charge >= 0.3 is 0 Å². The van der Waals surface area contributed by atoms with E-state index in [2.05, 4.69) is 21.2 Å². The Morgan fingerprint density at radius 2 is 1.88 bits per heavy atom. The van der Waals surface area contributed by atoms with Crippen molar-refractivity contribution in [3.63, 3.8) is 0 Å². The molecule has 0 spiro atoms. The van der Waals surface area contributed by atoms with Gasteiger partial charge in [-0.05, 0) is 37.5 Å². The molecule has 0 aliphatic carbocycles. The fourth-order valence-electron chi connectivity index (χ4n) is 1.79. The summed E-state index contributed by atoms with van der Waals surface area (Å²) in [5.74, 6) is 0.783. The molecule has 1 amide bonds. The number of carbonyl (C=O) groups is 1. The van der Waals surface area contributed by atoms with Gasteiger partial charge in [0.25, 0.3) is 4.82 Å². The van der Waals surface area contributed by atoms with Crippen LogP contribution in [-0.4, -0.2) is 11.9 Å². The van der Waals surface area contributed by atoms with E-state index in [0.29, 0.717) is 6.54 Å². The van der Waals surface area contributed by atoms with Gasteiger partial charge in [0.15, 0.2) is 0 Å². The highest BCUT2D eigenvalue weighted by Crippen LogP contribution is 2.35. The zero-order valence-electron chi connectivity index (χ0n) is 10.3. The normalized spacial score (nSPS) is 10.2. The van der Waals surface area contributed by atoms with Crippen molar-refractivity contribution in [3.05, 3.63) is 27.3 Å². The number of ether oxygens (including phenoxy) is 1. The van der Waals surface area contributed by atoms with Crippen LogP contribution in [0.2, 0.25) is 5.02 Å². The van der Waals surface area contributed by atoms with Gasteiger partial charge in [-0.25, -0.2) is 0 Å². The van der Waals surface area contributed by atoms with Crippen LogP contribution in [0.3, 0.4) is 0 Å². The van der Waals surface area contributed by atoms with E-state index in [-0.39, 0.29) is 4.82 Å². The van der Waals surface area contributed by atoms with Crippen LogP contribution in [0.1, 0.15) is 22.3 Å². The Morgan fingerprint density at radius 3 is 2.35 bits per heavy atom. The van der Waals surface area contributed by atoms with Gasteiger partial charge in [-0.3, -0.25) is 4.79 Å². The molecule has 1 rings (SSSR count). The number of nitrogens with one attached hydrogen (secondary N) is 1. The summed E-state index contributed by atoms with van der Waals surface area (Å²) in [5.41, 5.74) is 3.86. The highest BCUT2D eigenvalue weighted by atomic mass is 79.9. The summed E-state index contributed by atoms with van der Waals surface area (Å²) < 4.78 is 5.40. The van der Waals surface area contributed by atoms with Crippen molar-refractivity contribution < 1.29 is 9.53 Å². The van der Waals surface area contributed by atoms with Gasteiger partial charge < -0.3 is 10.1 Å². The number of hydrogen-bond acceptors (Lipinski definition) is 2. The lowest BCUT2D eigenvalue weighted by Gasteiger charge is -2.18. The van der Waals surface area contributed by atoms with E-state index in [0.717, 1.165) is 33.0 Å². The number of benzene rings is 1. The molecule has 0 aliphatic heterocycles. The lowest BCUT2D eigenvalue weighted by atomic mass is 9.98. The molecular weight excluding hydrogens is 305 g/mol. The third-order valence-electron chi connectivity index (χ3n) is 2.90. The fourth-order valence-corrected chi connectivity index (χ4v) is 2.19. The molecule has 1 aromatic rings. The van der Waals surface area contributed by atoms with Crippen molar-refractivity contribution in [2.75, 3.05) is 7.11 Å². The zero-order chi connectivity index (χ0) is 13.2. The number of rotatable bonds is 3. The van der Waals surface area contributed by atoms with Gasteiger partial charge in [0, 0.05) is 33.1 Å². The first kappa shape index (κ1) is 14.3. The summed E-state index contributed by atoms with van der Waals surface area (Å²) in [4.78, 5) is 10.6. The van der Waals surface area contributed by atoms with Crippen LogP contribution in [0, 0.1) is 20.8 Å². The van der Waals surface area contributed by atoms with E-state index in [1.807, 2.05) is 20.8 Å². The van der Waals surface area contributed by atoms with Crippen LogP contribution < -0.4 is 10.1 Å². The SMILES string of the molecule is COc1c(C)c(C)c(Cl)c(C)c1CNC(=O)Br. The van der Waals surface area contributed by atoms with Gasteiger partial charge in [0.1, 0.15) is 5.75 Å². The Morgan fingerprint density at radius 1 is 1.29 bits per heavy atom. The van der Waals surface area contributed by atoms with Crippen LogP contribution in [0.4, 0.5) is 4.79 Å². The van der Waals surface area contributed by atoms with Crippen LogP contribution in [0.5, 0.6) is 5.75 Å². The minimum absolute atomic E-state index is 0.256. The van der Waals surface area contributed by atoms with E-state index in [1.54, 1.807) is 7.11 Å². The Hall–Kier alpha value is -0.740. The maximum Gasteiger partial charge on any atom is 0.287 e. The van der Waals surface area contributed by atoms with Crippen LogP contribution >= 0.6 is 27.5 Å². The van der Waals surface area contributed by atoms with E-state index in [9.17, 15) is 4.79 Å². The van der Waals surface area contributed by atoms with E-state index in [4.69, 9.17) is 16.3 Å². The molecule has 0 saturated carbocycles. The fraction of sp³-hybridized carbons (Fsp3) is 0.417. The van der Waals surface area contributed by atoms with Crippen molar-refractivity contribution in [1.82, 2.24) is 5.32 Å². The molecular formula is C12H15BrClNO2. The summed E-state index contributed by atoms with van der Waals surface area (Å²) in [6.45, 7) is 6.23. The smallest absolute Gasteiger partial charge is 0.287 e. The molecule has 5 heteroatoms. The highest BCUT2D eigenvalue weighted by Gasteiger charge is 2.16. The Balaban J connectivity index is 3.31. The zero-order valence-corrected chi connectivity index (χ0v) is 12.6. The highest BCUT2D eigenvalue weighted by molar-refractivity contribution is 9.18. The van der Waals surface area contributed by atoms with Crippen LogP contribution in [-0.2, 0) is 6.54 Å². The minimum atomic E-state index is -0.256. The van der Waals surface area contributed by atoms with Crippen LogP contribution in [0.15, 0.2) is 0 Å². The lowest BCUT2D eigenvalue weighted by molar-refractivity contribution is 0.261. The van der Waals surface area contributed by atoms with Crippen molar-refractivity contribution in [2.24, 2.45) is 0 Å². The predicted molar refractivity (Wildman–Crippen MR) is 73.4 cm³/mol. The summed E-state index contributed by atoms with van der Waals surface area (Å²) in [5, 5.41) is 3.41. The second-order valence-electron chi connectivity index (χ2n) is 3.83. The summed E-state index contributed by atoms with van der Waals surface area (Å²) in [6, 6.07) is 0. The largest absolute Gasteiger partial charge is 0.496 e. The van der Waals surface area contributed by atoms with Gasteiger partial charge in [-0.2, -0.15) is 0 Å². The van der Waals surface area contributed by atoms with E-state index < -0.39 is 0 Å². The second-order valence-corrected chi connectivity index (χ2v) is 4.93. The van der Waals surface area contributed by atoms with Gasteiger partial charge in [-0.15, -0.1) is 0 Å². The standard InChI is InChI=1S/C12H15BrClNO2/c1-6-7(2)11(17-4)9(5-15-12(13)16)8(3)10(6)14/h5H2,1-4H3,(H,15,16). The first-order valence-corrected chi connectivity index (χ1v) is 6.32. The van der Waals surface area contributed by atoms with E-state index >= 15 is 0 Å². The molecule has 1 aromatic carbocycles. The van der Waals surface area contributed by atoms with Crippen molar-refractivity contribution in [1.29, 1.82) is 0 Å². The number of carbonyl (C=O) groups excluding carboxylic acids is 1. The van der Waals surface area contributed by atoms with Gasteiger partial charge in [0.05, 0.1) is 7.11 Å². The first-order valence-electron chi connectivity index (χ1n) is 5.15. The van der Waals surface area contributed by atoms with Crippen LogP contribution in [0.25, 0.3) is 0 Å². The second kappa shape index (κ2) is 5.74. The molecule has 0 aliphatic rings. The Labute approximate surface area is 115 Å². The third-order valence-corrected chi connectivity index (χ3v) is 3.74. The maximum atomic E-state index is 10.9. The summed E-state index contributed by atoms with van der Waals surface area (Å²) >= 11 is 9.08. The number of methoxy groups -OCH3 is 1. The average molecular weight is 321 g/mol. The van der Waals surface area contributed by atoms with Crippen molar-refractivity contribution in [2.45, 2.75) is 27.3 Å². The van der Waals surface area contributed by atoms with E-state index in [1.165, 1.54) is 0 Å². The topological polar surface area (TPSA) is 38.3 Å². The molecule has 0 saturated heterocycles. The lowest BCUT2D eigenvalue weighted by Crippen LogP contribution is -2.17. The average Bonchev–Trinajstić information content (AvgIpc) is 2.29. The van der Waals surface area contributed by atoms with Crippen molar-refractivity contribution in [3.8, 4) is 5.75 Å². The molecule has 17 heavy (non-hydrogen) atoms. The van der Waals surface area contributed by atoms with Gasteiger partial charge in [-0.1, -0.05) is 11.6 Å². The quantitative estimate of drug-likeness (QED) is 0.678. The molecule has 0 radical (unpaired) electrons. The molecule has 3 nitrogen and oxygen atoms in total. The Kier molecular flexibility index (Phi) is 4.83. The minimum Gasteiger partial charge on any atom is -0.496 e. The summed E-state index contributed by atoms with van der Waals surface area (Å²) in [6.07, 6.45) is 0. The monoisotopic (exact) mass is 319 g/mol.